The zero-order valence-electron chi connectivity index (χ0n) is 20.2. The van der Waals surface area contributed by atoms with Crippen molar-refractivity contribution >= 4 is 40.2 Å². The molecule has 0 bridgehead atoms. The summed E-state index contributed by atoms with van der Waals surface area (Å²) in [7, 11) is 1.33. The molecule has 2 heterocycles. The van der Waals surface area contributed by atoms with Crippen molar-refractivity contribution in [2.75, 3.05) is 38.2 Å². The number of nitrogens with zero attached hydrogens (tertiary/aromatic N) is 3. The highest BCUT2D eigenvalue weighted by molar-refractivity contribution is 6.34. The Hall–Kier alpha value is -2.39. The number of aromatic amines is 1. The van der Waals surface area contributed by atoms with E-state index in [9.17, 15) is 9.59 Å². The van der Waals surface area contributed by atoms with Crippen molar-refractivity contribution in [3.05, 3.63) is 22.7 Å². The Morgan fingerprint density at radius 2 is 2.06 bits per heavy atom. The van der Waals surface area contributed by atoms with Crippen LogP contribution in [0.3, 0.4) is 0 Å². The van der Waals surface area contributed by atoms with Crippen LogP contribution in [-0.2, 0) is 4.74 Å². The summed E-state index contributed by atoms with van der Waals surface area (Å²) in [6, 6.07) is 1.74. The molecule has 1 saturated carbocycles. The minimum atomic E-state index is -0.643. The maximum Gasteiger partial charge on any atom is 0.407 e. The van der Waals surface area contributed by atoms with Gasteiger partial charge in [0.25, 0.3) is 0 Å². The summed E-state index contributed by atoms with van der Waals surface area (Å²) in [5.74, 6) is -0.499. The van der Waals surface area contributed by atoms with Crippen molar-refractivity contribution < 1.29 is 18.7 Å². The number of rotatable bonds is 5. The lowest BCUT2D eigenvalue weighted by Crippen LogP contribution is -2.52. The summed E-state index contributed by atoms with van der Waals surface area (Å²) < 4.78 is 20.4. The number of Topliss-reactive ketones (excluding diaryl/α,β-unsaturated/α-hetero) is 1. The van der Waals surface area contributed by atoms with Crippen LogP contribution in [0.15, 0.2) is 6.07 Å². The second-order valence-corrected chi connectivity index (χ2v) is 10.1. The van der Waals surface area contributed by atoms with E-state index in [-0.39, 0.29) is 29.2 Å². The number of anilines is 1. The van der Waals surface area contributed by atoms with Gasteiger partial charge in [-0.2, -0.15) is 0 Å². The summed E-state index contributed by atoms with van der Waals surface area (Å²) in [4.78, 5) is 36.6. The standard InChI is InChI=1S/C24H33ClFN5O3/c1-5-30-10-11-31(14(2)13-30)20-16(25)12-17-19(18(20)26)29-22(28-17)21(32)24(3)8-6-15(7-9-24)27-23(33)34-4/h12,14-15H,5-11,13H2,1-4H3,(H,27,33)(H,28,29). The Morgan fingerprint density at radius 1 is 1.35 bits per heavy atom. The number of hydrogen-bond donors (Lipinski definition) is 2. The van der Waals surface area contributed by atoms with Crippen molar-refractivity contribution in [1.29, 1.82) is 0 Å². The number of hydrogen-bond acceptors (Lipinski definition) is 6. The maximum absolute atomic E-state index is 15.7. The van der Waals surface area contributed by atoms with E-state index in [1.807, 2.05) is 11.8 Å². The van der Waals surface area contributed by atoms with Crippen molar-refractivity contribution in [3.8, 4) is 0 Å². The molecule has 2 N–H and O–H groups in total. The summed E-state index contributed by atoms with van der Waals surface area (Å²) >= 11 is 6.54. The molecule has 0 radical (unpaired) electrons. The number of likely N-dealkylation sites (N-methyl/N-ethyl adjacent to an activating group) is 1. The minimum absolute atomic E-state index is 0.0297. The number of ketones is 1. The molecule has 1 amide bonds. The van der Waals surface area contributed by atoms with Gasteiger partial charge in [-0.3, -0.25) is 9.69 Å². The average molecular weight is 494 g/mol. The highest BCUT2D eigenvalue weighted by Crippen LogP contribution is 2.40. The fourth-order valence-electron chi connectivity index (χ4n) is 5.23. The van der Waals surface area contributed by atoms with Gasteiger partial charge in [-0.1, -0.05) is 25.4 Å². The van der Waals surface area contributed by atoms with Crippen LogP contribution in [0.4, 0.5) is 14.9 Å². The highest BCUT2D eigenvalue weighted by Gasteiger charge is 2.40. The van der Waals surface area contributed by atoms with Gasteiger partial charge in [0.15, 0.2) is 11.6 Å². The molecule has 1 saturated heterocycles. The molecule has 2 aromatic rings. The molecular weight excluding hydrogens is 461 g/mol. The van der Waals surface area contributed by atoms with Crippen molar-refractivity contribution in [2.24, 2.45) is 5.41 Å². The summed E-state index contributed by atoms with van der Waals surface area (Å²) in [6.07, 6.45) is 2.02. The molecule has 2 fully saturated rings. The zero-order valence-corrected chi connectivity index (χ0v) is 21.0. The van der Waals surface area contributed by atoms with Crippen molar-refractivity contribution in [1.82, 2.24) is 20.2 Å². The molecule has 34 heavy (non-hydrogen) atoms. The number of piperazine rings is 1. The van der Waals surface area contributed by atoms with Crippen molar-refractivity contribution in [3.63, 3.8) is 0 Å². The number of fused-ring (bicyclic) bond motifs is 1. The fraction of sp³-hybridized carbons (Fsp3) is 0.625. The smallest absolute Gasteiger partial charge is 0.407 e. The Labute approximate surface area is 204 Å². The zero-order chi connectivity index (χ0) is 24.6. The Bertz CT molecular complexity index is 1080. The van der Waals surface area contributed by atoms with Crippen LogP contribution in [0.25, 0.3) is 11.0 Å². The van der Waals surface area contributed by atoms with Crippen LogP contribution < -0.4 is 10.2 Å². The molecule has 10 heteroatoms. The number of carbonyl (C=O) groups excluding carboxylic acids is 2. The van der Waals surface area contributed by atoms with Gasteiger partial charge < -0.3 is 19.9 Å². The molecule has 1 aromatic heterocycles. The summed E-state index contributed by atoms with van der Waals surface area (Å²) in [6.45, 7) is 9.38. The van der Waals surface area contributed by atoms with E-state index < -0.39 is 17.3 Å². The van der Waals surface area contributed by atoms with E-state index in [1.165, 1.54) is 7.11 Å². The number of methoxy groups -OCH3 is 1. The Kier molecular flexibility index (Phi) is 7.05. The van der Waals surface area contributed by atoms with Gasteiger partial charge in [0, 0.05) is 37.1 Å². The summed E-state index contributed by atoms with van der Waals surface area (Å²) in [5.41, 5.74) is 0.260. The molecule has 1 unspecified atom stereocenters. The second-order valence-electron chi connectivity index (χ2n) is 9.74. The SMILES string of the molecule is CCN1CCN(c2c(Cl)cc3[nH]c(C(=O)C4(C)CCC(NC(=O)OC)CC4)nc3c2F)C(C)C1. The van der Waals surface area contributed by atoms with Gasteiger partial charge in [0.2, 0.25) is 5.78 Å². The number of H-pyrrole nitrogens is 1. The normalized spacial score (nSPS) is 26.0. The van der Waals surface area contributed by atoms with Gasteiger partial charge in [-0.05, 0) is 45.2 Å². The number of carbonyl (C=O) groups is 2. The van der Waals surface area contributed by atoms with E-state index in [1.54, 1.807) is 6.07 Å². The number of benzene rings is 1. The molecule has 8 nitrogen and oxygen atoms in total. The highest BCUT2D eigenvalue weighted by atomic mass is 35.5. The van der Waals surface area contributed by atoms with Gasteiger partial charge in [0.05, 0.1) is 23.3 Å². The average Bonchev–Trinajstić information content (AvgIpc) is 3.25. The van der Waals surface area contributed by atoms with Gasteiger partial charge in [-0.15, -0.1) is 0 Å². The van der Waals surface area contributed by atoms with E-state index >= 15 is 4.39 Å². The van der Waals surface area contributed by atoms with Gasteiger partial charge >= 0.3 is 6.09 Å². The van der Waals surface area contributed by atoms with E-state index in [4.69, 9.17) is 11.6 Å². The van der Waals surface area contributed by atoms with Crippen LogP contribution in [0.1, 0.15) is 57.1 Å². The number of ether oxygens (including phenoxy) is 1. The number of amides is 1. The number of aromatic nitrogens is 2. The topological polar surface area (TPSA) is 90.6 Å². The molecule has 1 aliphatic carbocycles. The maximum atomic E-state index is 15.7. The van der Waals surface area contributed by atoms with Gasteiger partial charge in [0.1, 0.15) is 5.52 Å². The first kappa shape index (κ1) is 24.7. The third kappa shape index (κ3) is 4.60. The molecular formula is C24H33ClFN5O3. The lowest BCUT2D eigenvalue weighted by Gasteiger charge is -2.41. The molecule has 1 aliphatic heterocycles. The predicted molar refractivity (Wildman–Crippen MR) is 130 cm³/mol. The van der Waals surface area contributed by atoms with Crippen LogP contribution in [0.2, 0.25) is 5.02 Å². The lowest BCUT2D eigenvalue weighted by atomic mass is 9.71. The Morgan fingerprint density at radius 3 is 2.68 bits per heavy atom. The molecule has 2 aliphatic rings. The molecule has 0 spiro atoms. The molecule has 1 aromatic carbocycles. The van der Waals surface area contributed by atoms with Crippen LogP contribution in [0, 0.1) is 11.2 Å². The van der Waals surface area contributed by atoms with E-state index in [0.717, 1.165) is 19.6 Å². The van der Waals surface area contributed by atoms with Crippen LogP contribution in [0.5, 0.6) is 0 Å². The molecule has 186 valence electrons. The van der Waals surface area contributed by atoms with E-state index in [0.29, 0.717) is 48.5 Å². The van der Waals surface area contributed by atoms with Crippen LogP contribution >= 0.6 is 11.6 Å². The first-order valence-electron chi connectivity index (χ1n) is 11.9. The minimum Gasteiger partial charge on any atom is -0.453 e. The van der Waals surface area contributed by atoms with Gasteiger partial charge in [-0.25, -0.2) is 14.2 Å². The lowest BCUT2D eigenvalue weighted by molar-refractivity contribution is 0.0715. The quantitative estimate of drug-likeness (QED) is 0.601. The van der Waals surface area contributed by atoms with Crippen molar-refractivity contribution in [2.45, 2.75) is 58.5 Å². The number of nitrogens with one attached hydrogen (secondary N) is 2. The second kappa shape index (κ2) is 9.70. The first-order valence-corrected chi connectivity index (χ1v) is 12.3. The van der Waals surface area contributed by atoms with E-state index in [2.05, 4.69) is 38.8 Å². The molecule has 4 rings (SSSR count). The third-order valence-electron chi connectivity index (χ3n) is 7.45. The number of imidazole rings is 1. The molecule has 1 atom stereocenters. The van der Waals surface area contributed by atoms with Crippen LogP contribution in [-0.4, -0.2) is 72.1 Å². The monoisotopic (exact) mass is 493 g/mol. The largest absolute Gasteiger partial charge is 0.453 e. The third-order valence-corrected chi connectivity index (χ3v) is 7.74. The predicted octanol–water partition coefficient (Wildman–Crippen LogP) is 4.37. The number of alkyl carbamates (subject to hydrolysis) is 1. The number of halogens is 2. The fourth-order valence-corrected chi connectivity index (χ4v) is 5.53. The Balaban J connectivity index is 1.56. The first-order chi connectivity index (χ1) is 16.2. The summed E-state index contributed by atoms with van der Waals surface area (Å²) in [5, 5.41) is 3.11.